The maximum atomic E-state index is 12.4. The highest BCUT2D eigenvalue weighted by molar-refractivity contribution is 7.91. The quantitative estimate of drug-likeness (QED) is 0.894. The first-order valence-electron chi connectivity index (χ1n) is 6.67. The number of aryl methyl sites for hydroxylation is 1. The SMILES string of the molecule is CCNCC1CCN(S(=O)(=O)c2cnc(C)s2)CC1. The largest absolute Gasteiger partial charge is 0.317 e. The molecule has 1 aliphatic rings. The lowest BCUT2D eigenvalue weighted by Crippen LogP contribution is -2.40. The Morgan fingerprint density at radius 2 is 2.16 bits per heavy atom. The molecule has 0 bridgehead atoms. The highest BCUT2D eigenvalue weighted by Crippen LogP contribution is 2.26. The van der Waals surface area contributed by atoms with E-state index in [4.69, 9.17) is 0 Å². The van der Waals surface area contributed by atoms with Crippen molar-refractivity contribution in [2.45, 2.75) is 30.9 Å². The Balaban J connectivity index is 1.97. The van der Waals surface area contributed by atoms with Gasteiger partial charge in [-0.25, -0.2) is 13.4 Å². The summed E-state index contributed by atoms with van der Waals surface area (Å²) < 4.78 is 26.8. The van der Waals surface area contributed by atoms with Crippen LogP contribution >= 0.6 is 11.3 Å². The minimum atomic E-state index is -3.32. The molecular weight excluding hydrogens is 282 g/mol. The third kappa shape index (κ3) is 3.53. The van der Waals surface area contributed by atoms with Crippen LogP contribution < -0.4 is 5.32 Å². The zero-order valence-corrected chi connectivity index (χ0v) is 13.1. The highest BCUT2D eigenvalue weighted by Gasteiger charge is 2.30. The van der Waals surface area contributed by atoms with Crippen LogP contribution in [0.5, 0.6) is 0 Å². The van der Waals surface area contributed by atoms with E-state index in [1.54, 1.807) is 4.31 Å². The minimum Gasteiger partial charge on any atom is -0.317 e. The number of hydrogen-bond acceptors (Lipinski definition) is 5. The molecule has 0 saturated carbocycles. The van der Waals surface area contributed by atoms with E-state index in [9.17, 15) is 8.42 Å². The van der Waals surface area contributed by atoms with E-state index in [-0.39, 0.29) is 0 Å². The predicted octanol–water partition coefficient (Wildman–Crippen LogP) is 1.46. The van der Waals surface area contributed by atoms with Crippen molar-refractivity contribution in [3.63, 3.8) is 0 Å². The topological polar surface area (TPSA) is 62.3 Å². The zero-order chi connectivity index (χ0) is 13.9. The van der Waals surface area contributed by atoms with Gasteiger partial charge >= 0.3 is 0 Å². The Morgan fingerprint density at radius 3 is 2.68 bits per heavy atom. The Labute approximate surface area is 119 Å². The third-order valence-electron chi connectivity index (χ3n) is 3.45. The maximum absolute atomic E-state index is 12.4. The van der Waals surface area contributed by atoms with Crippen LogP contribution in [0.3, 0.4) is 0 Å². The fraction of sp³-hybridized carbons (Fsp3) is 0.750. The Kier molecular flexibility index (Phi) is 4.94. The summed E-state index contributed by atoms with van der Waals surface area (Å²) in [5.41, 5.74) is 0. The van der Waals surface area contributed by atoms with Crippen molar-refractivity contribution in [3.8, 4) is 0 Å². The number of sulfonamides is 1. The lowest BCUT2D eigenvalue weighted by atomic mass is 9.98. The summed E-state index contributed by atoms with van der Waals surface area (Å²) in [4.78, 5) is 4.04. The zero-order valence-electron chi connectivity index (χ0n) is 11.4. The van der Waals surface area contributed by atoms with Gasteiger partial charge in [-0.3, -0.25) is 0 Å². The molecule has 1 N–H and O–H groups in total. The molecule has 1 aromatic rings. The van der Waals surface area contributed by atoms with Gasteiger partial charge in [-0.15, -0.1) is 11.3 Å². The summed E-state index contributed by atoms with van der Waals surface area (Å²) in [6.45, 7) is 7.12. The monoisotopic (exact) mass is 303 g/mol. The van der Waals surface area contributed by atoms with Crippen LogP contribution in [-0.2, 0) is 10.0 Å². The first-order valence-corrected chi connectivity index (χ1v) is 8.93. The van der Waals surface area contributed by atoms with Crippen molar-refractivity contribution < 1.29 is 8.42 Å². The standard InChI is InChI=1S/C12H21N3O2S2/c1-3-13-8-11-4-6-15(7-5-11)19(16,17)12-9-14-10(2)18-12/h9,11,13H,3-8H2,1-2H3. The molecule has 1 fully saturated rings. The number of nitrogens with one attached hydrogen (secondary N) is 1. The van der Waals surface area contributed by atoms with E-state index < -0.39 is 10.0 Å². The second kappa shape index (κ2) is 6.30. The van der Waals surface area contributed by atoms with Gasteiger partial charge in [0, 0.05) is 13.1 Å². The van der Waals surface area contributed by atoms with Crippen molar-refractivity contribution in [1.29, 1.82) is 0 Å². The molecule has 1 saturated heterocycles. The summed E-state index contributed by atoms with van der Waals surface area (Å²) in [6, 6.07) is 0. The Bertz CT molecular complexity index is 505. The normalized spacial score (nSPS) is 18.8. The Hall–Kier alpha value is -0.500. The summed E-state index contributed by atoms with van der Waals surface area (Å²) in [5.74, 6) is 0.592. The van der Waals surface area contributed by atoms with E-state index in [2.05, 4.69) is 17.2 Å². The van der Waals surface area contributed by atoms with Gasteiger partial charge in [0.2, 0.25) is 0 Å². The van der Waals surface area contributed by atoms with Crippen molar-refractivity contribution in [2.24, 2.45) is 5.92 Å². The fourth-order valence-corrected chi connectivity index (χ4v) is 5.02. The summed E-state index contributed by atoms with van der Waals surface area (Å²) in [7, 11) is -3.32. The van der Waals surface area contributed by atoms with E-state index in [1.165, 1.54) is 17.5 Å². The molecule has 19 heavy (non-hydrogen) atoms. The molecule has 5 nitrogen and oxygen atoms in total. The van der Waals surface area contributed by atoms with Crippen LogP contribution in [-0.4, -0.2) is 43.9 Å². The number of hydrogen-bond donors (Lipinski definition) is 1. The molecule has 0 aromatic carbocycles. The van der Waals surface area contributed by atoms with Crippen molar-refractivity contribution >= 4 is 21.4 Å². The molecule has 1 aliphatic heterocycles. The second-order valence-corrected chi connectivity index (χ2v) is 8.25. The van der Waals surface area contributed by atoms with E-state index in [0.29, 0.717) is 23.2 Å². The van der Waals surface area contributed by atoms with Crippen LogP contribution in [0, 0.1) is 12.8 Å². The van der Waals surface area contributed by atoms with Gasteiger partial charge in [0.15, 0.2) is 4.21 Å². The van der Waals surface area contributed by atoms with Crippen LogP contribution in [0.1, 0.15) is 24.8 Å². The molecule has 0 amide bonds. The average Bonchev–Trinajstić information content (AvgIpc) is 2.84. The summed E-state index contributed by atoms with van der Waals surface area (Å²) >= 11 is 1.25. The number of piperidine rings is 1. The number of aromatic nitrogens is 1. The molecule has 2 rings (SSSR count). The minimum absolute atomic E-state index is 0.370. The third-order valence-corrected chi connectivity index (χ3v) is 6.70. The maximum Gasteiger partial charge on any atom is 0.254 e. The van der Waals surface area contributed by atoms with E-state index in [0.717, 1.165) is 30.9 Å². The molecule has 0 spiro atoms. The van der Waals surface area contributed by atoms with Crippen molar-refractivity contribution in [2.75, 3.05) is 26.2 Å². The van der Waals surface area contributed by atoms with Crippen LogP contribution in [0.25, 0.3) is 0 Å². The second-order valence-electron chi connectivity index (χ2n) is 4.85. The van der Waals surface area contributed by atoms with Crippen molar-refractivity contribution in [1.82, 2.24) is 14.6 Å². The van der Waals surface area contributed by atoms with Gasteiger partial charge in [-0.05, 0) is 38.8 Å². The van der Waals surface area contributed by atoms with Gasteiger partial charge in [0.1, 0.15) is 0 Å². The lowest BCUT2D eigenvalue weighted by Gasteiger charge is -2.30. The van der Waals surface area contributed by atoms with Gasteiger partial charge in [0.05, 0.1) is 11.2 Å². The Morgan fingerprint density at radius 1 is 1.47 bits per heavy atom. The highest BCUT2D eigenvalue weighted by atomic mass is 32.2. The predicted molar refractivity (Wildman–Crippen MR) is 76.9 cm³/mol. The number of nitrogens with zero attached hydrogens (tertiary/aromatic N) is 2. The van der Waals surface area contributed by atoms with Crippen LogP contribution in [0.4, 0.5) is 0 Å². The number of rotatable bonds is 5. The van der Waals surface area contributed by atoms with Gasteiger partial charge in [0.25, 0.3) is 10.0 Å². The van der Waals surface area contributed by atoms with Gasteiger partial charge in [-0.2, -0.15) is 4.31 Å². The average molecular weight is 303 g/mol. The first kappa shape index (κ1) is 14.9. The van der Waals surface area contributed by atoms with Crippen molar-refractivity contribution in [3.05, 3.63) is 11.2 Å². The van der Waals surface area contributed by atoms with Crippen LogP contribution in [0.2, 0.25) is 0 Å². The summed E-state index contributed by atoms with van der Waals surface area (Å²) in [6.07, 6.45) is 3.34. The number of thiazole rings is 1. The van der Waals surface area contributed by atoms with E-state index >= 15 is 0 Å². The molecular formula is C12H21N3O2S2. The molecule has 108 valence electrons. The van der Waals surface area contributed by atoms with Crippen LogP contribution in [0.15, 0.2) is 10.4 Å². The molecule has 0 radical (unpaired) electrons. The molecule has 0 aliphatic carbocycles. The molecule has 1 aromatic heterocycles. The van der Waals surface area contributed by atoms with Gasteiger partial charge in [-0.1, -0.05) is 6.92 Å². The molecule has 7 heteroatoms. The first-order chi connectivity index (χ1) is 9.04. The lowest BCUT2D eigenvalue weighted by molar-refractivity contribution is 0.269. The summed E-state index contributed by atoms with van der Waals surface area (Å²) in [5, 5.41) is 4.12. The van der Waals surface area contributed by atoms with E-state index in [1.807, 2.05) is 6.92 Å². The van der Waals surface area contributed by atoms with Gasteiger partial charge < -0.3 is 5.32 Å². The molecule has 0 atom stereocenters. The fourth-order valence-electron chi connectivity index (χ4n) is 2.29. The molecule has 2 heterocycles. The smallest absolute Gasteiger partial charge is 0.254 e. The molecule has 0 unspecified atom stereocenters.